The zero-order valence-electron chi connectivity index (χ0n) is 11.7. The number of nitrogens with one attached hydrogen (secondary N) is 1. The maximum absolute atomic E-state index is 12.1. The number of aromatic nitrogens is 2. The van der Waals surface area contributed by atoms with Crippen molar-refractivity contribution >= 4 is 17.7 Å². The largest absolute Gasteiger partial charge is 0.508 e. The number of phenolic OH excluding ortho intramolecular Hbond substituents is 1. The Morgan fingerprint density at radius 2 is 2.10 bits per heavy atom. The van der Waals surface area contributed by atoms with E-state index in [0.717, 1.165) is 11.3 Å². The van der Waals surface area contributed by atoms with Crippen molar-refractivity contribution < 1.29 is 9.90 Å². The molecule has 6 heteroatoms. The lowest BCUT2D eigenvalue weighted by atomic mass is 10.1. The predicted molar refractivity (Wildman–Crippen MR) is 78.3 cm³/mol. The van der Waals surface area contributed by atoms with Crippen LogP contribution in [0.3, 0.4) is 0 Å². The summed E-state index contributed by atoms with van der Waals surface area (Å²) in [5.74, 6) is -0.401. The maximum atomic E-state index is 12.1. The Labute approximate surface area is 121 Å². The van der Waals surface area contributed by atoms with Crippen LogP contribution in [-0.2, 0) is 11.8 Å². The third kappa shape index (κ3) is 3.28. The molecule has 0 fully saturated rings. The number of hydrogen-bond acceptors (Lipinski definition) is 4. The molecule has 1 amide bonds. The molecule has 0 aliphatic heterocycles. The van der Waals surface area contributed by atoms with E-state index in [1.807, 2.05) is 13.0 Å². The van der Waals surface area contributed by atoms with Crippen molar-refractivity contribution in [3.8, 4) is 11.8 Å². The van der Waals surface area contributed by atoms with Gasteiger partial charge in [-0.2, -0.15) is 10.4 Å². The summed E-state index contributed by atoms with van der Waals surface area (Å²) in [6.45, 7) is 1.85. The van der Waals surface area contributed by atoms with Crippen molar-refractivity contribution in [2.75, 3.05) is 5.32 Å². The fourth-order valence-corrected chi connectivity index (χ4v) is 1.70. The molecule has 106 valence electrons. The number of benzene rings is 1. The van der Waals surface area contributed by atoms with Crippen molar-refractivity contribution in [1.82, 2.24) is 9.78 Å². The number of aromatic hydroxyl groups is 1. The van der Waals surface area contributed by atoms with Gasteiger partial charge in [0.1, 0.15) is 17.4 Å². The lowest BCUT2D eigenvalue weighted by Crippen LogP contribution is -2.13. The maximum Gasteiger partial charge on any atom is 0.266 e. The van der Waals surface area contributed by atoms with Crippen LogP contribution in [0.5, 0.6) is 5.75 Å². The zero-order valence-corrected chi connectivity index (χ0v) is 11.7. The smallest absolute Gasteiger partial charge is 0.266 e. The van der Waals surface area contributed by atoms with Crippen molar-refractivity contribution in [3.05, 3.63) is 47.3 Å². The van der Waals surface area contributed by atoms with Gasteiger partial charge in [0.15, 0.2) is 0 Å². The second kappa shape index (κ2) is 5.92. The molecule has 1 heterocycles. The number of hydrogen-bond donors (Lipinski definition) is 2. The standard InChI is InChI=1S/C15H14N4O2/c1-10-12(9-17-19(10)2)7-11(8-16)15(21)18-13-3-5-14(20)6-4-13/h3-7,9,20H,1-2H3,(H,18,21). The number of rotatable bonds is 3. The summed E-state index contributed by atoms with van der Waals surface area (Å²) in [6.07, 6.45) is 3.10. The normalized spacial score (nSPS) is 11.0. The number of amides is 1. The van der Waals surface area contributed by atoms with E-state index >= 15 is 0 Å². The number of nitriles is 1. The molecule has 0 aliphatic rings. The van der Waals surface area contributed by atoms with E-state index < -0.39 is 5.91 Å². The highest BCUT2D eigenvalue weighted by molar-refractivity contribution is 6.09. The number of carbonyl (C=O) groups is 1. The van der Waals surface area contributed by atoms with E-state index in [2.05, 4.69) is 10.4 Å². The van der Waals surface area contributed by atoms with Crippen LogP contribution in [0.15, 0.2) is 36.0 Å². The molecule has 2 N–H and O–H groups in total. The topological polar surface area (TPSA) is 90.9 Å². The molecule has 0 aliphatic carbocycles. The molecule has 0 atom stereocenters. The number of carbonyl (C=O) groups excluding carboxylic acids is 1. The van der Waals surface area contributed by atoms with Gasteiger partial charge < -0.3 is 10.4 Å². The van der Waals surface area contributed by atoms with Crippen LogP contribution in [0.2, 0.25) is 0 Å². The summed E-state index contributed by atoms with van der Waals surface area (Å²) in [4.78, 5) is 12.1. The first-order valence-corrected chi connectivity index (χ1v) is 6.22. The summed E-state index contributed by atoms with van der Waals surface area (Å²) in [5, 5.41) is 25.0. The third-order valence-corrected chi connectivity index (χ3v) is 3.06. The molecule has 0 spiro atoms. The molecule has 21 heavy (non-hydrogen) atoms. The fourth-order valence-electron chi connectivity index (χ4n) is 1.70. The molecule has 2 aromatic rings. The number of phenols is 1. The molecule has 0 radical (unpaired) electrons. The van der Waals surface area contributed by atoms with Gasteiger partial charge in [-0.25, -0.2) is 0 Å². The highest BCUT2D eigenvalue weighted by Crippen LogP contribution is 2.16. The summed E-state index contributed by atoms with van der Waals surface area (Å²) in [5.41, 5.74) is 2.07. The van der Waals surface area contributed by atoms with Gasteiger partial charge in [-0.05, 0) is 37.3 Å². The Kier molecular flexibility index (Phi) is 4.05. The Balaban J connectivity index is 2.21. The van der Waals surface area contributed by atoms with Crippen molar-refractivity contribution in [2.45, 2.75) is 6.92 Å². The molecule has 1 aromatic heterocycles. The van der Waals surface area contributed by atoms with E-state index in [1.54, 1.807) is 30.1 Å². The zero-order chi connectivity index (χ0) is 15.4. The van der Waals surface area contributed by atoms with E-state index in [0.29, 0.717) is 5.69 Å². The van der Waals surface area contributed by atoms with Gasteiger partial charge in [-0.1, -0.05) is 0 Å². The van der Waals surface area contributed by atoms with Gasteiger partial charge in [0.25, 0.3) is 5.91 Å². The Morgan fingerprint density at radius 1 is 1.43 bits per heavy atom. The van der Waals surface area contributed by atoms with Crippen molar-refractivity contribution in [2.24, 2.45) is 7.05 Å². The van der Waals surface area contributed by atoms with Crippen molar-refractivity contribution in [1.29, 1.82) is 5.26 Å². The lowest BCUT2D eigenvalue weighted by molar-refractivity contribution is -0.112. The van der Waals surface area contributed by atoms with Gasteiger partial charge in [-0.15, -0.1) is 0 Å². The summed E-state index contributed by atoms with van der Waals surface area (Å²) in [6, 6.07) is 7.90. The lowest BCUT2D eigenvalue weighted by Gasteiger charge is -2.04. The summed E-state index contributed by atoms with van der Waals surface area (Å²) < 4.78 is 1.67. The minimum atomic E-state index is -0.508. The second-order valence-corrected chi connectivity index (χ2v) is 4.48. The number of aryl methyl sites for hydroxylation is 1. The first kappa shape index (κ1) is 14.3. The Bertz CT molecular complexity index is 736. The van der Waals surface area contributed by atoms with Gasteiger partial charge in [-0.3, -0.25) is 9.48 Å². The van der Waals surface area contributed by atoms with E-state index in [9.17, 15) is 9.90 Å². The monoisotopic (exact) mass is 282 g/mol. The minimum Gasteiger partial charge on any atom is -0.508 e. The van der Waals surface area contributed by atoms with Gasteiger partial charge >= 0.3 is 0 Å². The SMILES string of the molecule is Cc1c(C=C(C#N)C(=O)Nc2ccc(O)cc2)cnn1C. The first-order chi connectivity index (χ1) is 10.0. The second-order valence-electron chi connectivity index (χ2n) is 4.48. The fraction of sp³-hybridized carbons (Fsp3) is 0.133. The predicted octanol–water partition coefficient (Wildman–Crippen LogP) is 1.98. The van der Waals surface area contributed by atoms with Crippen LogP contribution in [0.1, 0.15) is 11.3 Å². The third-order valence-electron chi connectivity index (χ3n) is 3.06. The van der Waals surface area contributed by atoms with E-state index in [-0.39, 0.29) is 11.3 Å². The molecule has 0 bridgehead atoms. The number of anilines is 1. The van der Waals surface area contributed by atoms with Gasteiger partial charge in [0.05, 0.1) is 6.20 Å². The average molecular weight is 282 g/mol. The minimum absolute atomic E-state index is 0.0147. The van der Waals surface area contributed by atoms with Crippen LogP contribution in [0, 0.1) is 18.3 Å². The molecular weight excluding hydrogens is 268 g/mol. The van der Waals surface area contributed by atoms with Crippen LogP contribution in [0.25, 0.3) is 6.08 Å². The van der Waals surface area contributed by atoms with Crippen LogP contribution < -0.4 is 5.32 Å². The molecule has 1 aromatic carbocycles. The summed E-state index contributed by atoms with van der Waals surface area (Å²) >= 11 is 0. The van der Waals surface area contributed by atoms with Gasteiger partial charge in [0.2, 0.25) is 0 Å². The first-order valence-electron chi connectivity index (χ1n) is 6.22. The van der Waals surface area contributed by atoms with E-state index in [4.69, 9.17) is 5.26 Å². The Hall–Kier alpha value is -3.07. The molecule has 0 unspecified atom stereocenters. The van der Waals surface area contributed by atoms with Crippen LogP contribution >= 0.6 is 0 Å². The number of nitrogens with zero attached hydrogens (tertiary/aromatic N) is 3. The van der Waals surface area contributed by atoms with Crippen LogP contribution in [-0.4, -0.2) is 20.8 Å². The molecule has 6 nitrogen and oxygen atoms in total. The highest BCUT2D eigenvalue weighted by Gasteiger charge is 2.11. The van der Waals surface area contributed by atoms with Gasteiger partial charge in [0, 0.05) is 24.0 Å². The molecular formula is C15H14N4O2. The average Bonchev–Trinajstić information content (AvgIpc) is 2.78. The highest BCUT2D eigenvalue weighted by atomic mass is 16.3. The molecule has 0 saturated carbocycles. The quantitative estimate of drug-likeness (QED) is 0.511. The van der Waals surface area contributed by atoms with Crippen LogP contribution in [0.4, 0.5) is 5.69 Å². The summed E-state index contributed by atoms with van der Waals surface area (Å²) in [7, 11) is 1.79. The molecule has 0 saturated heterocycles. The Morgan fingerprint density at radius 3 is 2.62 bits per heavy atom. The van der Waals surface area contributed by atoms with Crippen molar-refractivity contribution in [3.63, 3.8) is 0 Å². The van der Waals surface area contributed by atoms with E-state index in [1.165, 1.54) is 18.2 Å². The molecule has 2 rings (SSSR count).